The molecule has 1 N–H and O–H groups in total. The topological polar surface area (TPSA) is 41.1 Å². The molecule has 0 aliphatic carbocycles. The predicted molar refractivity (Wildman–Crippen MR) is 61.2 cm³/mol. The van der Waals surface area contributed by atoms with Gasteiger partial charge < -0.3 is 10.2 Å². The molecule has 4 heteroatoms. The summed E-state index contributed by atoms with van der Waals surface area (Å²) in [6.45, 7) is 2.16. The molecule has 0 radical (unpaired) electrons. The van der Waals surface area contributed by atoms with Gasteiger partial charge in [-0.05, 0) is 19.4 Å². The van der Waals surface area contributed by atoms with Crippen LogP contribution in [-0.2, 0) is 0 Å². The molecule has 4 nitrogen and oxygen atoms in total. The molecule has 1 saturated heterocycles. The summed E-state index contributed by atoms with van der Waals surface area (Å²) >= 11 is 0. The van der Waals surface area contributed by atoms with E-state index in [4.69, 9.17) is 0 Å². The third-order valence-electron chi connectivity index (χ3n) is 2.81. The highest BCUT2D eigenvalue weighted by Gasteiger charge is 2.20. The van der Waals surface area contributed by atoms with Gasteiger partial charge in [0.2, 0.25) is 0 Å². The second-order valence-corrected chi connectivity index (χ2v) is 4.20. The van der Waals surface area contributed by atoms with Gasteiger partial charge in [-0.3, -0.25) is 4.98 Å². The summed E-state index contributed by atoms with van der Waals surface area (Å²) in [6, 6.07) is 0. The van der Waals surface area contributed by atoms with E-state index in [1.54, 1.807) is 12.4 Å². The first-order valence-corrected chi connectivity index (χ1v) is 5.48. The molecule has 1 aliphatic heterocycles. The highest BCUT2D eigenvalue weighted by atomic mass is 15.1. The molecule has 0 spiro atoms. The number of rotatable bonds is 2. The number of aromatic nitrogens is 2. The van der Waals surface area contributed by atoms with Gasteiger partial charge in [-0.25, -0.2) is 4.98 Å². The summed E-state index contributed by atoms with van der Waals surface area (Å²) in [5.74, 6) is 1.52. The van der Waals surface area contributed by atoms with E-state index in [9.17, 15) is 0 Å². The van der Waals surface area contributed by atoms with Crippen molar-refractivity contribution in [1.82, 2.24) is 15.3 Å². The third-order valence-corrected chi connectivity index (χ3v) is 2.81. The van der Waals surface area contributed by atoms with Crippen LogP contribution in [-0.4, -0.2) is 37.2 Å². The van der Waals surface area contributed by atoms with Crippen molar-refractivity contribution in [3.05, 3.63) is 18.1 Å². The maximum absolute atomic E-state index is 4.48. The number of anilines is 1. The molecule has 82 valence electrons. The fourth-order valence-corrected chi connectivity index (χ4v) is 2.06. The summed E-state index contributed by atoms with van der Waals surface area (Å²) in [5.41, 5.74) is 1.13. The molecule has 0 bridgehead atoms. The lowest BCUT2D eigenvalue weighted by Gasteiger charge is -2.25. The number of hydrogen-bond donors (Lipinski definition) is 1. The minimum absolute atomic E-state index is 0.518. The van der Waals surface area contributed by atoms with Gasteiger partial charge in [0.15, 0.2) is 0 Å². The lowest BCUT2D eigenvalue weighted by molar-refractivity contribution is 0.454. The van der Waals surface area contributed by atoms with Gasteiger partial charge in [-0.15, -0.1) is 0 Å². The summed E-state index contributed by atoms with van der Waals surface area (Å²) < 4.78 is 0. The molecule has 1 atom stereocenters. The van der Waals surface area contributed by atoms with Crippen molar-refractivity contribution >= 4 is 5.82 Å². The van der Waals surface area contributed by atoms with Crippen LogP contribution in [0.5, 0.6) is 0 Å². The van der Waals surface area contributed by atoms with Crippen LogP contribution in [0.15, 0.2) is 12.4 Å². The maximum Gasteiger partial charge on any atom is 0.150 e. The van der Waals surface area contributed by atoms with Crippen LogP contribution in [0.1, 0.15) is 24.5 Å². The van der Waals surface area contributed by atoms with Crippen LogP contribution in [0, 0.1) is 0 Å². The van der Waals surface area contributed by atoms with E-state index in [-0.39, 0.29) is 0 Å². The third kappa shape index (κ3) is 2.26. The van der Waals surface area contributed by atoms with E-state index in [1.165, 1.54) is 12.8 Å². The Bertz CT molecular complexity index is 318. The van der Waals surface area contributed by atoms with Crippen molar-refractivity contribution in [2.45, 2.75) is 18.8 Å². The molecule has 1 aromatic rings. The van der Waals surface area contributed by atoms with Gasteiger partial charge in [-0.2, -0.15) is 0 Å². The maximum atomic E-state index is 4.48. The smallest absolute Gasteiger partial charge is 0.150 e. The average molecular weight is 206 g/mol. The Labute approximate surface area is 90.7 Å². The zero-order chi connectivity index (χ0) is 10.7. The van der Waals surface area contributed by atoms with Crippen molar-refractivity contribution < 1.29 is 0 Å². The van der Waals surface area contributed by atoms with Crippen molar-refractivity contribution in [3.8, 4) is 0 Å². The normalized spacial score (nSPS) is 21.3. The molecule has 1 unspecified atom stereocenters. The number of piperidine rings is 1. The monoisotopic (exact) mass is 206 g/mol. The molecule has 1 fully saturated rings. The SMILES string of the molecule is CN(C)c1nccnc1C1CCCNC1. The van der Waals surface area contributed by atoms with Gasteiger partial charge in [0, 0.05) is 39.0 Å². The Morgan fingerprint density at radius 2 is 2.13 bits per heavy atom. The fourth-order valence-electron chi connectivity index (χ4n) is 2.06. The molecule has 0 amide bonds. The van der Waals surface area contributed by atoms with Crippen molar-refractivity contribution in [1.29, 1.82) is 0 Å². The summed E-state index contributed by atoms with van der Waals surface area (Å²) in [5, 5.41) is 3.41. The molecule has 15 heavy (non-hydrogen) atoms. The van der Waals surface area contributed by atoms with Crippen LogP contribution >= 0.6 is 0 Å². The van der Waals surface area contributed by atoms with Crippen LogP contribution in [0.4, 0.5) is 5.82 Å². The summed E-state index contributed by atoms with van der Waals surface area (Å²) in [6.07, 6.45) is 5.99. The first-order chi connectivity index (χ1) is 7.29. The van der Waals surface area contributed by atoms with E-state index in [1.807, 2.05) is 19.0 Å². The standard InChI is InChI=1S/C11H18N4/c1-15(2)11-10(13-6-7-14-11)9-4-3-5-12-8-9/h6-7,9,12H,3-5,8H2,1-2H3. The number of hydrogen-bond acceptors (Lipinski definition) is 4. The Hall–Kier alpha value is -1.16. The quantitative estimate of drug-likeness (QED) is 0.784. The lowest BCUT2D eigenvalue weighted by atomic mass is 9.95. The first-order valence-electron chi connectivity index (χ1n) is 5.48. The van der Waals surface area contributed by atoms with E-state index in [2.05, 4.69) is 15.3 Å². The molecular formula is C11H18N4. The second-order valence-electron chi connectivity index (χ2n) is 4.20. The predicted octanol–water partition coefficient (Wildman–Crippen LogP) is 1.01. The van der Waals surface area contributed by atoms with Crippen molar-refractivity contribution in [2.75, 3.05) is 32.1 Å². The van der Waals surface area contributed by atoms with Crippen molar-refractivity contribution in [2.24, 2.45) is 0 Å². The van der Waals surface area contributed by atoms with Gasteiger partial charge >= 0.3 is 0 Å². The molecule has 1 aromatic heterocycles. The van der Waals surface area contributed by atoms with Gasteiger partial charge in [0.25, 0.3) is 0 Å². The molecule has 1 aliphatic rings. The van der Waals surface area contributed by atoms with Gasteiger partial charge in [0.1, 0.15) is 5.82 Å². The number of nitrogens with one attached hydrogen (secondary N) is 1. The first kappa shape index (κ1) is 10.4. The fraction of sp³-hybridized carbons (Fsp3) is 0.636. The Balaban J connectivity index is 2.25. The lowest BCUT2D eigenvalue weighted by Crippen LogP contribution is -2.30. The second kappa shape index (κ2) is 4.57. The Kier molecular flexibility index (Phi) is 3.16. The largest absolute Gasteiger partial charge is 0.361 e. The Morgan fingerprint density at radius 3 is 2.80 bits per heavy atom. The molecule has 0 aromatic carbocycles. The van der Waals surface area contributed by atoms with Crippen LogP contribution in [0.3, 0.4) is 0 Å². The average Bonchev–Trinajstić information content (AvgIpc) is 2.30. The van der Waals surface area contributed by atoms with Gasteiger partial charge in [-0.1, -0.05) is 0 Å². The van der Waals surface area contributed by atoms with E-state index in [0.29, 0.717) is 5.92 Å². The number of nitrogens with zero attached hydrogens (tertiary/aromatic N) is 3. The van der Waals surface area contributed by atoms with E-state index < -0.39 is 0 Å². The zero-order valence-corrected chi connectivity index (χ0v) is 9.40. The van der Waals surface area contributed by atoms with Crippen LogP contribution in [0.25, 0.3) is 0 Å². The minimum atomic E-state index is 0.518. The highest BCUT2D eigenvalue weighted by molar-refractivity contribution is 5.43. The molecule has 2 heterocycles. The van der Waals surface area contributed by atoms with E-state index >= 15 is 0 Å². The van der Waals surface area contributed by atoms with E-state index in [0.717, 1.165) is 24.6 Å². The van der Waals surface area contributed by atoms with Crippen LogP contribution in [0.2, 0.25) is 0 Å². The van der Waals surface area contributed by atoms with Crippen LogP contribution < -0.4 is 10.2 Å². The minimum Gasteiger partial charge on any atom is -0.361 e. The van der Waals surface area contributed by atoms with Crippen molar-refractivity contribution in [3.63, 3.8) is 0 Å². The zero-order valence-electron chi connectivity index (χ0n) is 9.40. The Morgan fingerprint density at radius 1 is 1.33 bits per heavy atom. The molecule has 2 rings (SSSR count). The molecular weight excluding hydrogens is 188 g/mol. The van der Waals surface area contributed by atoms with Gasteiger partial charge in [0.05, 0.1) is 5.69 Å². The molecule has 0 saturated carbocycles. The highest BCUT2D eigenvalue weighted by Crippen LogP contribution is 2.26. The summed E-state index contributed by atoms with van der Waals surface area (Å²) in [4.78, 5) is 10.9. The summed E-state index contributed by atoms with van der Waals surface area (Å²) in [7, 11) is 4.04.